The third-order valence-electron chi connectivity index (χ3n) is 6.67. The van der Waals surface area contributed by atoms with Crippen LogP contribution in [-0.4, -0.2) is 23.3 Å². The summed E-state index contributed by atoms with van der Waals surface area (Å²) in [7, 11) is 0. The zero-order chi connectivity index (χ0) is 31.1. The quantitative estimate of drug-likeness (QED) is 0.109. The average molecular weight is 661 g/mol. The van der Waals surface area contributed by atoms with Gasteiger partial charge in [0.2, 0.25) is 0 Å². The van der Waals surface area contributed by atoms with Gasteiger partial charge in [0.05, 0.1) is 17.3 Å². The lowest BCUT2D eigenvalue weighted by Gasteiger charge is -2.15. The van der Waals surface area contributed by atoms with Crippen LogP contribution < -0.4 is 19.6 Å². The van der Waals surface area contributed by atoms with E-state index >= 15 is 0 Å². The molecule has 5 rings (SSSR count). The van der Waals surface area contributed by atoms with Crippen LogP contribution in [0, 0.1) is 19.7 Å². The van der Waals surface area contributed by atoms with Crippen molar-refractivity contribution in [3.05, 3.63) is 129 Å². The van der Waals surface area contributed by atoms with Crippen LogP contribution in [0.15, 0.2) is 98.9 Å². The maximum Gasteiger partial charge on any atom is 0.307 e. The molecule has 2 heterocycles. The van der Waals surface area contributed by atoms with E-state index in [1.165, 1.54) is 12.3 Å². The highest BCUT2D eigenvalue weighted by Gasteiger charge is 2.14. The van der Waals surface area contributed by atoms with Crippen LogP contribution >= 0.6 is 15.9 Å². The lowest BCUT2D eigenvalue weighted by molar-refractivity contribution is 0.0923. The first-order valence-electron chi connectivity index (χ1n) is 13.9. The van der Waals surface area contributed by atoms with Crippen molar-refractivity contribution in [2.24, 2.45) is 5.10 Å². The van der Waals surface area contributed by atoms with Crippen LogP contribution in [0.3, 0.4) is 0 Å². The Bertz CT molecular complexity index is 1760. The van der Waals surface area contributed by atoms with Crippen molar-refractivity contribution >= 4 is 28.1 Å². The van der Waals surface area contributed by atoms with Crippen LogP contribution in [0.25, 0.3) is 5.69 Å². The van der Waals surface area contributed by atoms with E-state index < -0.39 is 5.91 Å². The van der Waals surface area contributed by atoms with Gasteiger partial charge in [-0.25, -0.2) is 9.82 Å². The molecule has 0 spiro atoms. The van der Waals surface area contributed by atoms with Crippen molar-refractivity contribution in [1.82, 2.24) is 9.99 Å². The van der Waals surface area contributed by atoms with E-state index in [9.17, 15) is 9.18 Å². The minimum absolute atomic E-state index is 0.0328. The highest BCUT2D eigenvalue weighted by Crippen LogP contribution is 2.37. The smallest absolute Gasteiger partial charge is 0.307 e. The molecule has 8 nitrogen and oxygen atoms in total. The molecular weight excluding hydrogens is 629 g/mol. The van der Waals surface area contributed by atoms with Crippen LogP contribution in [-0.2, 0) is 13.2 Å². The second-order valence-corrected chi connectivity index (χ2v) is 10.7. The standard InChI is InChI=1S/C34H31BrFN3O5/c1-4-41-32-18-24(17-29(35)33(32)43-20-25-7-5-6-8-30(25)36)19-37-38-34(40)31-16-15-28(44-31)21-42-27-13-11-26(12-14-27)39-22(2)9-10-23(39)3/h5-19H,4,20-21H2,1-3H3,(H,38,40)/b37-19+. The molecule has 0 aliphatic rings. The molecule has 2 aromatic heterocycles. The van der Waals surface area contributed by atoms with Crippen molar-refractivity contribution in [3.8, 4) is 22.9 Å². The van der Waals surface area contributed by atoms with E-state index in [4.69, 9.17) is 18.6 Å². The van der Waals surface area contributed by atoms with E-state index in [1.807, 2.05) is 31.2 Å². The van der Waals surface area contributed by atoms with Gasteiger partial charge >= 0.3 is 5.91 Å². The fraction of sp³-hybridized carbons (Fsp3) is 0.176. The number of rotatable bonds is 12. The first-order valence-corrected chi connectivity index (χ1v) is 14.7. The van der Waals surface area contributed by atoms with Gasteiger partial charge in [0.1, 0.15) is 30.5 Å². The number of nitrogens with one attached hydrogen (secondary N) is 1. The minimum Gasteiger partial charge on any atom is -0.490 e. The summed E-state index contributed by atoms with van der Waals surface area (Å²) in [5, 5.41) is 4.05. The number of amides is 1. The van der Waals surface area contributed by atoms with Gasteiger partial charge in [-0.15, -0.1) is 0 Å². The van der Waals surface area contributed by atoms with Crippen molar-refractivity contribution in [3.63, 3.8) is 0 Å². The highest BCUT2D eigenvalue weighted by molar-refractivity contribution is 9.10. The van der Waals surface area contributed by atoms with Crippen LogP contribution in [0.5, 0.6) is 17.2 Å². The number of carbonyl (C=O) groups is 1. The summed E-state index contributed by atoms with van der Waals surface area (Å²) in [6.07, 6.45) is 1.47. The fourth-order valence-electron chi connectivity index (χ4n) is 4.55. The molecule has 0 bridgehead atoms. The summed E-state index contributed by atoms with van der Waals surface area (Å²) in [6.45, 7) is 6.57. The third kappa shape index (κ3) is 7.38. The number of hydrogen-bond acceptors (Lipinski definition) is 6. The van der Waals surface area contributed by atoms with E-state index in [1.54, 1.807) is 42.5 Å². The lowest BCUT2D eigenvalue weighted by atomic mass is 10.2. The average Bonchev–Trinajstić information content (AvgIpc) is 3.63. The fourth-order valence-corrected chi connectivity index (χ4v) is 5.12. The second kappa shape index (κ2) is 14.1. The Kier molecular flexibility index (Phi) is 9.81. The maximum atomic E-state index is 14.0. The van der Waals surface area contributed by atoms with Gasteiger partial charge in [0.15, 0.2) is 17.3 Å². The van der Waals surface area contributed by atoms with E-state index in [2.05, 4.69) is 57.0 Å². The topological polar surface area (TPSA) is 87.2 Å². The van der Waals surface area contributed by atoms with Crippen LogP contribution in [0.1, 0.15) is 45.8 Å². The molecule has 1 N–H and O–H groups in total. The maximum absolute atomic E-state index is 14.0. The molecule has 0 saturated carbocycles. The van der Waals surface area contributed by atoms with E-state index in [0.717, 1.165) is 17.1 Å². The second-order valence-electron chi connectivity index (χ2n) is 9.84. The zero-order valence-electron chi connectivity index (χ0n) is 24.5. The Morgan fingerprint density at radius 2 is 1.70 bits per heavy atom. The summed E-state index contributed by atoms with van der Waals surface area (Å²) in [6, 6.07) is 25.1. The molecule has 0 aliphatic carbocycles. The molecule has 0 unspecified atom stereocenters. The van der Waals surface area contributed by atoms with Crippen LogP contribution in [0.2, 0.25) is 0 Å². The molecule has 0 saturated heterocycles. The Hall–Kier alpha value is -4.83. The molecule has 0 atom stereocenters. The van der Waals surface area contributed by atoms with E-state index in [-0.39, 0.29) is 24.8 Å². The van der Waals surface area contributed by atoms with Crippen LogP contribution in [0.4, 0.5) is 4.39 Å². The Balaban J connectivity index is 1.16. The zero-order valence-corrected chi connectivity index (χ0v) is 26.1. The van der Waals surface area contributed by atoms with Crippen molar-refractivity contribution in [2.75, 3.05) is 6.61 Å². The van der Waals surface area contributed by atoms with Gasteiger partial charge in [0.25, 0.3) is 0 Å². The molecule has 0 radical (unpaired) electrons. The first-order chi connectivity index (χ1) is 21.3. The Morgan fingerprint density at radius 1 is 0.955 bits per heavy atom. The largest absolute Gasteiger partial charge is 0.490 e. The third-order valence-corrected chi connectivity index (χ3v) is 7.26. The number of aryl methyl sites for hydroxylation is 2. The Morgan fingerprint density at radius 3 is 2.43 bits per heavy atom. The summed E-state index contributed by atoms with van der Waals surface area (Å²) in [5.74, 6) is 1.31. The van der Waals surface area contributed by atoms with Gasteiger partial charge in [-0.05, 0) is 109 Å². The monoisotopic (exact) mass is 659 g/mol. The van der Waals surface area contributed by atoms with Gasteiger partial charge in [-0.2, -0.15) is 5.10 Å². The predicted molar refractivity (Wildman–Crippen MR) is 169 cm³/mol. The molecule has 10 heteroatoms. The summed E-state index contributed by atoms with van der Waals surface area (Å²) in [5.41, 5.74) is 6.90. The van der Waals surface area contributed by atoms with Gasteiger partial charge in [-0.1, -0.05) is 18.2 Å². The SMILES string of the molecule is CCOc1cc(/C=N/NC(=O)c2ccc(COc3ccc(-n4c(C)ccc4C)cc3)o2)cc(Br)c1OCc1ccccc1F. The summed E-state index contributed by atoms with van der Waals surface area (Å²) >= 11 is 3.49. The van der Waals surface area contributed by atoms with Gasteiger partial charge in [0, 0.05) is 22.6 Å². The molecule has 44 heavy (non-hydrogen) atoms. The number of ether oxygens (including phenoxy) is 3. The van der Waals surface area contributed by atoms with Crippen molar-refractivity contribution in [1.29, 1.82) is 0 Å². The molecule has 0 fully saturated rings. The summed E-state index contributed by atoms with van der Waals surface area (Å²) < 4.78 is 39.9. The number of furan rings is 1. The highest BCUT2D eigenvalue weighted by atomic mass is 79.9. The van der Waals surface area contributed by atoms with Gasteiger partial charge < -0.3 is 23.2 Å². The van der Waals surface area contributed by atoms with Gasteiger partial charge in [-0.3, -0.25) is 4.79 Å². The van der Waals surface area contributed by atoms with Crippen molar-refractivity contribution < 1.29 is 27.8 Å². The molecule has 0 aliphatic heterocycles. The molecular formula is C34H31BrFN3O5. The first kappa shape index (κ1) is 30.6. The van der Waals surface area contributed by atoms with Crippen molar-refractivity contribution in [2.45, 2.75) is 34.0 Å². The summed E-state index contributed by atoms with van der Waals surface area (Å²) in [4.78, 5) is 12.6. The predicted octanol–water partition coefficient (Wildman–Crippen LogP) is 7.91. The normalized spacial score (nSPS) is 11.1. The minimum atomic E-state index is -0.511. The Labute approximate surface area is 263 Å². The molecule has 5 aromatic rings. The molecule has 226 valence electrons. The lowest BCUT2D eigenvalue weighted by Crippen LogP contribution is -2.16. The number of nitrogens with zero attached hydrogens (tertiary/aromatic N) is 2. The number of hydrazone groups is 1. The number of hydrogen-bond donors (Lipinski definition) is 1. The molecule has 3 aromatic carbocycles. The number of benzene rings is 3. The molecule has 1 amide bonds. The number of aromatic nitrogens is 1. The number of halogens is 2. The van der Waals surface area contributed by atoms with E-state index in [0.29, 0.717) is 45.2 Å². The number of carbonyl (C=O) groups excluding carboxylic acids is 1.